The first-order chi connectivity index (χ1) is 9.83. The van der Waals surface area contributed by atoms with Crippen molar-refractivity contribution in [2.45, 2.75) is 31.9 Å². The molecule has 0 aliphatic carbocycles. The first kappa shape index (κ1) is 14.6. The van der Waals surface area contributed by atoms with E-state index in [9.17, 15) is 0 Å². The highest BCUT2D eigenvalue weighted by atomic mass is 28.3. The quantitative estimate of drug-likeness (QED) is 0.558. The van der Waals surface area contributed by atoms with Crippen LogP contribution in [0.1, 0.15) is 19.8 Å². The van der Waals surface area contributed by atoms with E-state index in [2.05, 4.69) is 73.5 Å². The van der Waals surface area contributed by atoms with Gasteiger partial charge in [0.25, 0.3) is 0 Å². The molecule has 2 aromatic carbocycles. The second-order valence-corrected chi connectivity index (χ2v) is 9.47. The second-order valence-electron chi connectivity index (χ2n) is 5.30. The minimum atomic E-state index is -1.80. The van der Waals surface area contributed by atoms with Gasteiger partial charge in [0.1, 0.15) is 8.07 Å². The van der Waals surface area contributed by atoms with E-state index in [0.717, 1.165) is 6.04 Å². The van der Waals surface area contributed by atoms with Crippen LogP contribution >= 0.6 is 0 Å². The van der Waals surface area contributed by atoms with Crippen molar-refractivity contribution in [1.29, 1.82) is 0 Å². The molecule has 0 aliphatic rings. The van der Waals surface area contributed by atoms with Gasteiger partial charge in [0, 0.05) is 6.04 Å². The van der Waals surface area contributed by atoms with Gasteiger partial charge in [0.05, 0.1) is 0 Å². The number of hydrogen-bond acceptors (Lipinski definition) is 0. The van der Waals surface area contributed by atoms with E-state index < -0.39 is 8.07 Å². The lowest BCUT2D eigenvalue weighted by atomic mass is 10.4. The summed E-state index contributed by atoms with van der Waals surface area (Å²) in [5.41, 5.74) is 0. The second kappa shape index (κ2) is 7.12. The number of rotatable bonds is 6. The fourth-order valence-corrected chi connectivity index (χ4v) is 7.38. The van der Waals surface area contributed by atoms with Crippen LogP contribution in [0.25, 0.3) is 0 Å². The standard InChI is InChI=1S/C19H22Si/c1-3-5-17-20(16-4-2,18-12-8-6-9-13-18)19-14-10-7-11-15-19/h2,6-15H,3,5,16-17H2,1H3. The molecule has 102 valence electrons. The van der Waals surface area contributed by atoms with Gasteiger partial charge in [-0.2, -0.15) is 0 Å². The Bertz CT molecular complexity index is 512. The highest BCUT2D eigenvalue weighted by Gasteiger charge is 2.35. The summed E-state index contributed by atoms with van der Waals surface area (Å²) in [6.07, 6.45) is 8.21. The lowest BCUT2D eigenvalue weighted by molar-refractivity contribution is 0.871. The van der Waals surface area contributed by atoms with Gasteiger partial charge in [-0.25, -0.2) is 0 Å². The minimum absolute atomic E-state index is 0.890. The van der Waals surface area contributed by atoms with Crippen LogP contribution in [-0.4, -0.2) is 8.07 Å². The summed E-state index contributed by atoms with van der Waals surface area (Å²) in [5, 5.41) is 2.94. The monoisotopic (exact) mass is 278 g/mol. The third-order valence-corrected chi connectivity index (χ3v) is 8.91. The van der Waals surface area contributed by atoms with E-state index in [1.807, 2.05) is 0 Å². The highest BCUT2D eigenvalue weighted by molar-refractivity contribution is 7.02. The molecule has 0 heterocycles. The van der Waals surface area contributed by atoms with E-state index in [0.29, 0.717) is 0 Å². The molecule has 0 aromatic heterocycles. The summed E-state index contributed by atoms with van der Waals surface area (Å²) in [4.78, 5) is 0. The molecule has 0 saturated carbocycles. The molecule has 0 fully saturated rings. The Morgan fingerprint density at radius 2 is 1.40 bits per heavy atom. The number of unbranched alkanes of at least 4 members (excludes halogenated alkanes) is 1. The van der Waals surface area contributed by atoms with Crippen molar-refractivity contribution in [1.82, 2.24) is 0 Å². The maximum Gasteiger partial charge on any atom is 0.129 e. The Morgan fingerprint density at radius 1 is 0.900 bits per heavy atom. The van der Waals surface area contributed by atoms with E-state index in [1.54, 1.807) is 0 Å². The Morgan fingerprint density at radius 3 is 1.80 bits per heavy atom. The SMILES string of the molecule is C#CC[Si](CCCC)(c1ccccc1)c1ccccc1. The average Bonchev–Trinajstić information content (AvgIpc) is 2.53. The van der Waals surface area contributed by atoms with Crippen molar-refractivity contribution in [3.05, 3.63) is 60.7 Å². The fraction of sp³-hybridized carbons (Fsp3) is 0.263. The Balaban J connectivity index is 2.54. The minimum Gasteiger partial charge on any atom is -0.120 e. The molecule has 2 aromatic rings. The third-order valence-electron chi connectivity index (χ3n) is 4.01. The van der Waals surface area contributed by atoms with E-state index in [4.69, 9.17) is 6.42 Å². The Hall–Kier alpha value is -1.78. The van der Waals surface area contributed by atoms with E-state index in [-0.39, 0.29) is 0 Å². The summed E-state index contributed by atoms with van der Waals surface area (Å²) < 4.78 is 0. The smallest absolute Gasteiger partial charge is 0.120 e. The molecule has 0 saturated heterocycles. The molecule has 0 radical (unpaired) electrons. The number of hydrogen-bond donors (Lipinski definition) is 0. The van der Waals surface area contributed by atoms with Gasteiger partial charge >= 0.3 is 0 Å². The van der Waals surface area contributed by atoms with Gasteiger partial charge < -0.3 is 0 Å². The van der Waals surface area contributed by atoms with Crippen LogP contribution in [0, 0.1) is 12.3 Å². The predicted molar refractivity (Wildman–Crippen MR) is 91.3 cm³/mol. The van der Waals surface area contributed by atoms with Crippen molar-refractivity contribution in [2.24, 2.45) is 0 Å². The molecule has 20 heavy (non-hydrogen) atoms. The van der Waals surface area contributed by atoms with Crippen LogP contribution < -0.4 is 10.4 Å². The zero-order valence-electron chi connectivity index (χ0n) is 12.2. The zero-order chi connectivity index (χ0) is 14.3. The van der Waals surface area contributed by atoms with Gasteiger partial charge in [0.2, 0.25) is 0 Å². The zero-order valence-corrected chi connectivity index (χ0v) is 13.2. The van der Waals surface area contributed by atoms with Gasteiger partial charge in [-0.1, -0.05) is 90.8 Å². The Kier molecular flexibility index (Phi) is 5.21. The summed E-state index contributed by atoms with van der Waals surface area (Å²) in [5.74, 6) is 2.98. The molecule has 1 heteroatoms. The maximum atomic E-state index is 5.75. The van der Waals surface area contributed by atoms with Crippen LogP contribution in [0.4, 0.5) is 0 Å². The normalized spacial score (nSPS) is 11.0. The first-order valence-electron chi connectivity index (χ1n) is 7.38. The van der Waals surface area contributed by atoms with Crippen molar-refractivity contribution in [2.75, 3.05) is 0 Å². The summed E-state index contributed by atoms with van der Waals surface area (Å²) >= 11 is 0. The van der Waals surface area contributed by atoms with Crippen LogP contribution in [0.2, 0.25) is 12.1 Å². The molecule has 0 nitrogen and oxygen atoms in total. The molecule has 0 spiro atoms. The number of benzene rings is 2. The van der Waals surface area contributed by atoms with Crippen molar-refractivity contribution in [3.8, 4) is 12.3 Å². The van der Waals surface area contributed by atoms with Gasteiger partial charge in [-0.15, -0.1) is 12.3 Å². The Labute approximate surface area is 123 Å². The molecule has 0 bridgehead atoms. The largest absolute Gasteiger partial charge is 0.129 e. The lowest BCUT2D eigenvalue weighted by Gasteiger charge is -2.31. The molecule has 0 atom stereocenters. The highest BCUT2D eigenvalue weighted by Crippen LogP contribution is 2.19. The van der Waals surface area contributed by atoms with Crippen molar-refractivity contribution < 1.29 is 0 Å². The van der Waals surface area contributed by atoms with Gasteiger partial charge in [0.15, 0.2) is 0 Å². The first-order valence-corrected chi connectivity index (χ1v) is 9.79. The average molecular weight is 278 g/mol. The van der Waals surface area contributed by atoms with Gasteiger partial charge in [-0.05, 0) is 6.04 Å². The predicted octanol–water partition coefficient (Wildman–Crippen LogP) is 3.68. The summed E-state index contributed by atoms with van der Waals surface area (Å²) in [7, 11) is -1.80. The number of terminal acetylenes is 1. The molecular weight excluding hydrogens is 256 g/mol. The van der Waals surface area contributed by atoms with Crippen LogP contribution in [-0.2, 0) is 0 Å². The van der Waals surface area contributed by atoms with Crippen molar-refractivity contribution >= 4 is 18.4 Å². The van der Waals surface area contributed by atoms with E-state index >= 15 is 0 Å². The molecule has 0 unspecified atom stereocenters. The third kappa shape index (κ3) is 3.03. The molecule has 0 aliphatic heterocycles. The van der Waals surface area contributed by atoms with Crippen LogP contribution in [0.15, 0.2) is 60.7 Å². The lowest BCUT2D eigenvalue weighted by Crippen LogP contribution is -2.57. The summed E-state index contributed by atoms with van der Waals surface area (Å²) in [6.45, 7) is 2.25. The van der Waals surface area contributed by atoms with E-state index in [1.165, 1.54) is 29.3 Å². The molecular formula is C19H22Si. The maximum absolute atomic E-state index is 5.75. The van der Waals surface area contributed by atoms with Crippen LogP contribution in [0.5, 0.6) is 0 Å². The topological polar surface area (TPSA) is 0 Å². The van der Waals surface area contributed by atoms with Crippen LogP contribution in [0.3, 0.4) is 0 Å². The molecule has 0 N–H and O–H groups in total. The molecule has 0 amide bonds. The summed E-state index contributed by atoms with van der Waals surface area (Å²) in [6, 6.07) is 23.9. The van der Waals surface area contributed by atoms with Gasteiger partial charge in [-0.3, -0.25) is 0 Å². The molecule has 2 rings (SSSR count). The fourth-order valence-electron chi connectivity index (χ4n) is 2.92. The van der Waals surface area contributed by atoms with Crippen molar-refractivity contribution in [3.63, 3.8) is 0 Å².